The van der Waals surface area contributed by atoms with Crippen molar-refractivity contribution >= 4 is 11.0 Å². The van der Waals surface area contributed by atoms with Gasteiger partial charge in [-0.25, -0.2) is 0 Å². The molecule has 0 amide bonds. The zero-order valence-corrected chi connectivity index (χ0v) is 6.15. The summed E-state index contributed by atoms with van der Waals surface area (Å²) in [4.78, 5) is 1.30. The quantitative estimate of drug-likeness (QED) is 0.552. The Balaban J connectivity index is 2.96. The van der Waals surface area contributed by atoms with Gasteiger partial charge >= 0.3 is 0 Å². The first kappa shape index (κ1) is 6.15. The molecule has 2 rings (SSSR count). The Hall–Kier alpha value is -1.58. The smallest absolute Gasteiger partial charge is 0.115 e. The minimum atomic E-state index is 0.840. The van der Waals surface area contributed by atoms with Crippen LogP contribution in [0, 0.1) is 6.92 Å². The van der Waals surface area contributed by atoms with Gasteiger partial charge in [-0.15, -0.1) is 5.10 Å². The number of hydrogen-bond donors (Lipinski definition) is 1. The number of aryl methyl sites for hydroxylation is 1. The van der Waals surface area contributed by atoms with E-state index in [9.17, 15) is 0 Å². The summed E-state index contributed by atoms with van der Waals surface area (Å²) in [6.45, 7) is 1.98. The summed E-state index contributed by atoms with van der Waals surface area (Å²) < 4.78 is 0. The minimum Gasteiger partial charge on any atom is -0.321 e. The summed E-state index contributed by atoms with van der Waals surface area (Å²) in [7, 11) is 0. The number of rotatable bonds is 0. The first-order valence-electron chi connectivity index (χ1n) is 3.35. The lowest BCUT2D eigenvalue weighted by atomic mass is 10.2. The molecule has 0 bridgehead atoms. The predicted octanol–water partition coefficient (Wildman–Crippen LogP) is 0.454. The van der Waals surface area contributed by atoms with Gasteiger partial charge < -0.3 is 5.84 Å². The highest BCUT2D eigenvalue weighted by Crippen LogP contribution is 2.12. The van der Waals surface area contributed by atoms with Gasteiger partial charge in [-0.1, -0.05) is 12.1 Å². The maximum atomic E-state index is 5.52. The molecular formula is C7H8N4. The Kier molecular flexibility index (Phi) is 1.09. The van der Waals surface area contributed by atoms with E-state index in [1.807, 2.05) is 25.1 Å². The van der Waals surface area contributed by atoms with Gasteiger partial charge in [-0.05, 0) is 23.8 Å². The number of benzene rings is 1. The number of hydrogen-bond acceptors (Lipinski definition) is 3. The molecule has 0 radical (unpaired) electrons. The summed E-state index contributed by atoms with van der Waals surface area (Å²) in [6, 6.07) is 5.81. The van der Waals surface area contributed by atoms with Gasteiger partial charge in [0.1, 0.15) is 11.0 Å². The van der Waals surface area contributed by atoms with Gasteiger partial charge in [0, 0.05) is 0 Å². The SMILES string of the molecule is Cc1cccc2nnn(N)c12. The van der Waals surface area contributed by atoms with Crippen molar-refractivity contribution in [2.45, 2.75) is 6.92 Å². The molecular weight excluding hydrogens is 140 g/mol. The van der Waals surface area contributed by atoms with Crippen LogP contribution < -0.4 is 5.84 Å². The highest BCUT2D eigenvalue weighted by molar-refractivity contribution is 5.77. The van der Waals surface area contributed by atoms with Gasteiger partial charge in [0.05, 0.1) is 0 Å². The molecule has 1 heterocycles. The molecule has 1 aromatic carbocycles. The van der Waals surface area contributed by atoms with Crippen LogP contribution in [-0.4, -0.2) is 15.1 Å². The Morgan fingerprint density at radius 2 is 2.27 bits per heavy atom. The number of nitrogen functional groups attached to an aromatic ring is 1. The van der Waals surface area contributed by atoms with Gasteiger partial charge in [0.25, 0.3) is 0 Å². The third-order valence-electron chi connectivity index (χ3n) is 1.69. The molecule has 0 unspecified atom stereocenters. The molecule has 4 heteroatoms. The first-order valence-corrected chi connectivity index (χ1v) is 3.35. The second kappa shape index (κ2) is 1.95. The standard InChI is InChI=1S/C7H8N4/c1-5-3-2-4-6-7(5)11(8)10-9-6/h2-4H,8H2,1H3. The van der Waals surface area contributed by atoms with Gasteiger partial charge in [-0.2, -0.15) is 4.79 Å². The van der Waals surface area contributed by atoms with Crippen molar-refractivity contribution in [1.82, 2.24) is 15.1 Å². The molecule has 0 atom stereocenters. The number of nitrogens with two attached hydrogens (primary N) is 1. The van der Waals surface area contributed by atoms with Crippen LogP contribution in [0.3, 0.4) is 0 Å². The Bertz CT molecular complexity index is 390. The summed E-state index contributed by atoms with van der Waals surface area (Å²) in [6.07, 6.45) is 0. The number of aromatic nitrogens is 3. The van der Waals surface area contributed by atoms with Crippen LogP contribution >= 0.6 is 0 Å². The fraction of sp³-hybridized carbons (Fsp3) is 0.143. The Morgan fingerprint density at radius 1 is 1.45 bits per heavy atom. The zero-order valence-electron chi connectivity index (χ0n) is 6.15. The summed E-state index contributed by atoms with van der Waals surface area (Å²) >= 11 is 0. The van der Waals surface area contributed by atoms with E-state index in [1.165, 1.54) is 4.79 Å². The number of para-hydroxylation sites is 1. The van der Waals surface area contributed by atoms with Crippen LogP contribution in [0.5, 0.6) is 0 Å². The fourth-order valence-electron chi connectivity index (χ4n) is 1.16. The molecule has 0 fully saturated rings. The highest BCUT2D eigenvalue weighted by atomic mass is 15.6. The Morgan fingerprint density at radius 3 is 3.00 bits per heavy atom. The molecule has 2 aromatic rings. The van der Waals surface area contributed by atoms with Gasteiger partial charge in [0.15, 0.2) is 0 Å². The van der Waals surface area contributed by atoms with Gasteiger partial charge in [0.2, 0.25) is 0 Å². The number of fused-ring (bicyclic) bond motifs is 1. The molecule has 11 heavy (non-hydrogen) atoms. The molecule has 56 valence electrons. The van der Waals surface area contributed by atoms with Crippen molar-refractivity contribution in [1.29, 1.82) is 0 Å². The lowest BCUT2D eigenvalue weighted by Crippen LogP contribution is -2.10. The predicted molar refractivity (Wildman–Crippen MR) is 42.4 cm³/mol. The van der Waals surface area contributed by atoms with Crippen molar-refractivity contribution in [2.75, 3.05) is 5.84 Å². The monoisotopic (exact) mass is 148 g/mol. The van der Waals surface area contributed by atoms with E-state index < -0.39 is 0 Å². The molecule has 0 aliphatic carbocycles. The average molecular weight is 148 g/mol. The second-order valence-electron chi connectivity index (χ2n) is 2.48. The van der Waals surface area contributed by atoms with E-state index in [1.54, 1.807) is 0 Å². The van der Waals surface area contributed by atoms with E-state index in [0.717, 1.165) is 16.6 Å². The van der Waals surface area contributed by atoms with Crippen molar-refractivity contribution in [2.24, 2.45) is 0 Å². The van der Waals surface area contributed by atoms with Crippen LogP contribution in [0.4, 0.5) is 0 Å². The molecule has 0 saturated heterocycles. The molecule has 0 spiro atoms. The third kappa shape index (κ3) is 0.756. The van der Waals surface area contributed by atoms with Gasteiger partial charge in [-0.3, -0.25) is 0 Å². The first-order chi connectivity index (χ1) is 5.29. The summed E-state index contributed by atoms with van der Waals surface area (Å²) in [5.41, 5.74) is 2.83. The van der Waals surface area contributed by atoms with Crippen molar-refractivity contribution < 1.29 is 0 Å². The van der Waals surface area contributed by atoms with Crippen LogP contribution in [0.2, 0.25) is 0 Å². The molecule has 2 N–H and O–H groups in total. The van der Waals surface area contributed by atoms with Crippen LogP contribution in [0.1, 0.15) is 5.56 Å². The van der Waals surface area contributed by atoms with E-state index in [2.05, 4.69) is 10.3 Å². The highest BCUT2D eigenvalue weighted by Gasteiger charge is 2.02. The number of nitrogens with zero attached hydrogens (tertiary/aromatic N) is 3. The second-order valence-corrected chi connectivity index (χ2v) is 2.48. The fourth-order valence-corrected chi connectivity index (χ4v) is 1.16. The third-order valence-corrected chi connectivity index (χ3v) is 1.69. The summed E-state index contributed by atoms with van der Waals surface area (Å²) in [5.74, 6) is 5.52. The summed E-state index contributed by atoms with van der Waals surface area (Å²) in [5, 5.41) is 7.57. The minimum absolute atomic E-state index is 0.840. The van der Waals surface area contributed by atoms with E-state index >= 15 is 0 Å². The molecule has 4 nitrogen and oxygen atoms in total. The van der Waals surface area contributed by atoms with Crippen molar-refractivity contribution in [3.05, 3.63) is 23.8 Å². The van der Waals surface area contributed by atoms with E-state index in [0.29, 0.717) is 0 Å². The largest absolute Gasteiger partial charge is 0.321 e. The molecule has 0 aliphatic heterocycles. The van der Waals surface area contributed by atoms with E-state index in [-0.39, 0.29) is 0 Å². The molecule has 0 aliphatic rings. The zero-order chi connectivity index (χ0) is 7.84. The maximum absolute atomic E-state index is 5.52. The molecule has 1 aromatic heterocycles. The molecule has 0 saturated carbocycles. The van der Waals surface area contributed by atoms with Crippen LogP contribution in [0.25, 0.3) is 11.0 Å². The normalized spacial score (nSPS) is 10.6. The van der Waals surface area contributed by atoms with E-state index in [4.69, 9.17) is 5.84 Å². The topological polar surface area (TPSA) is 56.7 Å². The van der Waals surface area contributed by atoms with Crippen molar-refractivity contribution in [3.63, 3.8) is 0 Å². The maximum Gasteiger partial charge on any atom is 0.115 e. The van der Waals surface area contributed by atoms with Crippen molar-refractivity contribution in [3.8, 4) is 0 Å². The Labute approximate surface area is 63.6 Å². The van der Waals surface area contributed by atoms with Crippen LogP contribution in [0.15, 0.2) is 18.2 Å². The average Bonchev–Trinajstić information content (AvgIpc) is 2.34. The lowest BCUT2D eigenvalue weighted by Gasteiger charge is -1.94. The lowest BCUT2D eigenvalue weighted by molar-refractivity contribution is 0.785. The van der Waals surface area contributed by atoms with Crippen LogP contribution in [-0.2, 0) is 0 Å².